The fraction of sp³-hybridized carbons (Fsp3) is 0.182. The summed E-state index contributed by atoms with van der Waals surface area (Å²) in [7, 11) is 3.06. The Labute approximate surface area is 245 Å². The topological polar surface area (TPSA) is 72.9 Å². The molecule has 0 saturated carbocycles. The van der Waals surface area contributed by atoms with Gasteiger partial charge < -0.3 is 14.4 Å². The largest absolute Gasteiger partial charge is 0.493 e. The molecule has 6 nitrogen and oxygen atoms in total. The van der Waals surface area contributed by atoms with Crippen molar-refractivity contribution in [1.29, 1.82) is 0 Å². The van der Waals surface area contributed by atoms with Crippen LogP contribution in [0.15, 0.2) is 84.3 Å². The number of methoxy groups -OCH3 is 2. The summed E-state index contributed by atoms with van der Waals surface area (Å²) in [4.78, 5) is 46.6. The van der Waals surface area contributed by atoms with Gasteiger partial charge in [0.25, 0.3) is 0 Å². The molecule has 0 radical (unpaired) electrons. The van der Waals surface area contributed by atoms with Crippen LogP contribution in [0.4, 0.5) is 5.69 Å². The molecule has 1 fully saturated rings. The molecule has 0 amide bonds. The average molecular weight is 582 g/mol. The van der Waals surface area contributed by atoms with Crippen molar-refractivity contribution >= 4 is 52.1 Å². The number of Topliss-reactive ketones (excluding diaryl/α,β-unsaturated/α-hetero) is 3. The average Bonchev–Trinajstić information content (AvgIpc) is 3.70. The highest BCUT2D eigenvalue weighted by Crippen LogP contribution is 2.62. The molecule has 1 spiro atoms. The quantitative estimate of drug-likeness (QED) is 0.192. The van der Waals surface area contributed by atoms with Gasteiger partial charge in [0.2, 0.25) is 0 Å². The van der Waals surface area contributed by atoms with Crippen LogP contribution in [0.3, 0.4) is 0 Å². The molecular weight excluding hydrogens is 558 g/mol. The molecule has 41 heavy (non-hydrogen) atoms. The Morgan fingerprint density at radius 1 is 0.927 bits per heavy atom. The smallest absolute Gasteiger partial charge is 0.195 e. The van der Waals surface area contributed by atoms with E-state index in [2.05, 4.69) is 0 Å². The van der Waals surface area contributed by atoms with Crippen LogP contribution in [0, 0.1) is 5.41 Å². The first-order chi connectivity index (χ1) is 19.9. The summed E-state index contributed by atoms with van der Waals surface area (Å²) in [5.41, 5.74) is 1.20. The van der Waals surface area contributed by atoms with Crippen LogP contribution in [0.5, 0.6) is 11.5 Å². The fourth-order valence-electron chi connectivity index (χ4n) is 7.01. The molecule has 3 aliphatic rings. The minimum atomic E-state index is -1.63. The Bertz CT molecular complexity index is 1740. The van der Waals surface area contributed by atoms with Crippen molar-refractivity contribution in [2.24, 2.45) is 5.41 Å². The number of nitrogens with zero attached hydrogens (tertiary/aromatic N) is 1. The van der Waals surface area contributed by atoms with E-state index in [4.69, 9.17) is 21.1 Å². The summed E-state index contributed by atoms with van der Waals surface area (Å²) >= 11 is 7.70. The summed E-state index contributed by atoms with van der Waals surface area (Å²) in [5.74, 6) is -0.834. The van der Waals surface area contributed by atoms with Gasteiger partial charge in [0.15, 0.2) is 28.8 Å². The number of hydrogen-bond acceptors (Lipinski definition) is 7. The van der Waals surface area contributed by atoms with Gasteiger partial charge in [0.1, 0.15) is 11.5 Å². The summed E-state index contributed by atoms with van der Waals surface area (Å²) in [5, 5.41) is 2.40. The van der Waals surface area contributed by atoms with Gasteiger partial charge in [-0.3, -0.25) is 14.4 Å². The van der Waals surface area contributed by atoms with Crippen LogP contribution in [-0.2, 0) is 0 Å². The number of fused-ring (bicyclic) bond motifs is 5. The summed E-state index contributed by atoms with van der Waals surface area (Å²) < 4.78 is 11.5. The molecule has 7 rings (SSSR count). The van der Waals surface area contributed by atoms with Crippen LogP contribution in [-0.4, -0.2) is 43.7 Å². The van der Waals surface area contributed by atoms with E-state index in [9.17, 15) is 14.4 Å². The number of para-hydroxylation sites is 1. The molecule has 3 atom stereocenters. The Morgan fingerprint density at radius 2 is 1.68 bits per heavy atom. The van der Waals surface area contributed by atoms with E-state index in [-0.39, 0.29) is 17.3 Å². The normalized spacial score (nSPS) is 21.5. The van der Waals surface area contributed by atoms with Gasteiger partial charge in [-0.1, -0.05) is 66.2 Å². The van der Waals surface area contributed by atoms with Gasteiger partial charge in [-0.15, -0.1) is 11.3 Å². The molecular formula is C33H24ClNO5S. The third-order valence-electron chi connectivity index (χ3n) is 8.57. The number of ketones is 3. The minimum Gasteiger partial charge on any atom is -0.493 e. The van der Waals surface area contributed by atoms with Gasteiger partial charge >= 0.3 is 0 Å². The first kappa shape index (κ1) is 25.7. The maximum Gasteiger partial charge on any atom is 0.195 e. The predicted molar refractivity (Wildman–Crippen MR) is 159 cm³/mol. The van der Waals surface area contributed by atoms with Crippen molar-refractivity contribution < 1.29 is 23.9 Å². The number of carbonyl (C=O) groups excluding carboxylic acids is 3. The van der Waals surface area contributed by atoms with E-state index in [1.54, 1.807) is 48.5 Å². The second-order valence-electron chi connectivity index (χ2n) is 10.3. The van der Waals surface area contributed by atoms with Crippen molar-refractivity contribution in [3.63, 3.8) is 0 Å². The number of anilines is 1. The molecule has 1 aliphatic carbocycles. The molecule has 1 saturated heterocycles. The maximum atomic E-state index is 14.8. The molecule has 4 aromatic rings. The zero-order valence-electron chi connectivity index (χ0n) is 22.2. The molecule has 3 aromatic carbocycles. The maximum absolute atomic E-state index is 14.8. The summed E-state index contributed by atoms with van der Waals surface area (Å²) in [6.45, 7) is 0. The number of ether oxygens (including phenoxy) is 2. The van der Waals surface area contributed by atoms with Crippen LogP contribution in [0.1, 0.15) is 47.4 Å². The summed E-state index contributed by atoms with van der Waals surface area (Å²) in [6.07, 6.45) is 3.77. The van der Waals surface area contributed by atoms with Crippen molar-refractivity contribution in [2.75, 3.05) is 19.1 Å². The van der Waals surface area contributed by atoms with Crippen LogP contribution < -0.4 is 14.4 Å². The van der Waals surface area contributed by atoms with Gasteiger partial charge in [-0.2, -0.15) is 0 Å². The lowest BCUT2D eigenvalue weighted by atomic mass is 9.64. The van der Waals surface area contributed by atoms with E-state index in [0.29, 0.717) is 38.1 Å². The molecule has 0 bridgehead atoms. The Balaban J connectivity index is 1.59. The molecule has 3 heterocycles. The Kier molecular flexibility index (Phi) is 5.92. The lowest BCUT2D eigenvalue weighted by molar-refractivity contribution is 0.0664. The second kappa shape index (κ2) is 9.43. The van der Waals surface area contributed by atoms with Crippen LogP contribution in [0.25, 0.3) is 6.08 Å². The van der Waals surface area contributed by atoms with Crippen LogP contribution >= 0.6 is 22.9 Å². The van der Waals surface area contributed by atoms with Gasteiger partial charge in [0, 0.05) is 33.3 Å². The lowest BCUT2D eigenvalue weighted by Gasteiger charge is -2.37. The lowest BCUT2D eigenvalue weighted by Crippen LogP contribution is -2.48. The fourth-order valence-corrected chi connectivity index (χ4v) is 7.89. The van der Waals surface area contributed by atoms with E-state index in [0.717, 1.165) is 11.3 Å². The SMILES string of the molecule is COc1cccc([C@@H]2[C@@H](C(=O)c3cccs3)N3c4ccc(Cl)cc4C=CC3C23C(=O)c2ccccc2C3=O)c1OC. The van der Waals surface area contributed by atoms with E-state index >= 15 is 0 Å². The van der Waals surface area contributed by atoms with Gasteiger partial charge in [-0.05, 0) is 41.3 Å². The number of carbonyl (C=O) groups is 3. The van der Waals surface area contributed by atoms with E-state index < -0.39 is 23.4 Å². The van der Waals surface area contributed by atoms with Crippen LogP contribution in [0.2, 0.25) is 5.02 Å². The molecule has 0 N–H and O–H groups in total. The first-order valence-corrected chi connectivity index (χ1v) is 14.4. The minimum absolute atomic E-state index is 0.176. The number of rotatable bonds is 5. The monoisotopic (exact) mass is 581 g/mol. The standard InChI is InChI=1S/C33H24ClNO5S/c1-39-24-10-5-9-22(30(24)40-2)27-28(29(36)25-11-6-16-41-25)35-23-14-13-19(34)17-18(23)12-15-26(35)33(27)31(37)20-7-3-4-8-21(20)32(33)38/h3-17,26-28H,1-2H3/t26?,27-,28+/m1/s1. The van der Waals surface area contributed by atoms with Crippen molar-refractivity contribution in [2.45, 2.75) is 18.0 Å². The Hall–Kier alpha value is -4.20. The molecule has 1 aromatic heterocycles. The van der Waals surface area contributed by atoms with Gasteiger partial charge in [-0.25, -0.2) is 0 Å². The second-order valence-corrected chi connectivity index (χ2v) is 11.7. The van der Waals surface area contributed by atoms with Gasteiger partial charge in [0.05, 0.1) is 25.1 Å². The van der Waals surface area contributed by atoms with E-state index in [1.165, 1.54) is 25.6 Å². The molecule has 204 valence electrons. The number of hydrogen-bond donors (Lipinski definition) is 0. The zero-order chi connectivity index (χ0) is 28.5. The highest BCUT2D eigenvalue weighted by molar-refractivity contribution is 7.12. The molecule has 8 heteroatoms. The van der Waals surface area contributed by atoms with Crippen molar-refractivity contribution in [1.82, 2.24) is 0 Å². The third kappa shape index (κ3) is 3.39. The van der Waals surface area contributed by atoms with Crippen molar-refractivity contribution in [3.8, 4) is 11.5 Å². The van der Waals surface area contributed by atoms with E-state index in [1.807, 2.05) is 46.7 Å². The third-order valence-corrected chi connectivity index (χ3v) is 9.69. The molecule has 2 aliphatic heterocycles. The Morgan fingerprint density at radius 3 is 2.34 bits per heavy atom. The molecule has 1 unspecified atom stereocenters. The highest BCUT2D eigenvalue weighted by Gasteiger charge is 2.72. The summed E-state index contributed by atoms with van der Waals surface area (Å²) in [6, 6.07) is 19.7. The first-order valence-electron chi connectivity index (χ1n) is 13.2. The number of halogens is 1. The predicted octanol–water partition coefficient (Wildman–Crippen LogP) is 6.74. The van der Waals surface area contributed by atoms with Crippen molar-refractivity contribution in [3.05, 3.63) is 116 Å². The number of thiophene rings is 1. The number of benzene rings is 3. The highest BCUT2D eigenvalue weighted by atomic mass is 35.5. The zero-order valence-corrected chi connectivity index (χ0v) is 23.7.